The molecule has 0 saturated carbocycles. The Labute approximate surface area is 172 Å². The van der Waals surface area contributed by atoms with Gasteiger partial charge in [0, 0.05) is 39.8 Å². The summed E-state index contributed by atoms with van der Waals surface area (Å²) in [5.41, 5.74) is -0.485. The van der Waals surface area contributed by atoms with E-state index >= 15 is 0 Å². The third-order valence-corrected chi connectivity index (χ3v) is 5.13. The molecule has 28 heavy (non-hydrogen) atoms. The van der Waals surface area contributed by atoms with Crippen LogP contribution in [0.3, 0.4) is 0 Å². The van der Waals surface area contributed by atoms with Crippen LogP contribution in [0.1, 0.15) is 53.9 Å². The molecule has 0 aromatic rings. The number of alkyl carbamates (subject to hydrolysis) is 1. The van der Waals surface area contributed by atoms with E-state index in [4.69, 9.17) is 4.74 Å². The number of amides is 1. The number of ether oxygens (including phenoxy) is 1. The van der Waals surface area contributed by atoms with Gasteiger partial charge in [-0.15, -0.1) is 0 Å². The second kappa shape index (κ2) is 11.5. The highest BCUT2D eigenvalue weighted by molar-refractivity contribution is 5.79. The SMILES string of the molecule is CN=C(NCC1CCCN(C)C1)N(C)CCC(NC(=O)OC(C)(C)C)C(C)C. The highest BCUT2D eigenvalue weighted by atomic mass is 16.6. The van der Waals surface area contributed by atoms with E-state index in [1.165, 1.54) is 19.4 Å². The van der Waals surface area contributed by atoms with Crippen molar-refractivity contribution in [2.75, 3.05) is 47.3 Å². The molecular formula is C21H43N5O2. The summed E-state index contributed by atoms with van der Waals surface area (Å²) in [6.07, 6.45) is 3.02. The van der Waals surface area contributed by atoms with Gasteiger partial charge in [-0.25, -0.2) is 4.79 Å². The average molecular weight is 398 g/mol. The van der Waals surface area contributed by atoms with E-state index in [9.17, 15) is 4.79 Å². The lowest BCUT2D eigenvalue weighted by molar-refractivity contribution is 0.0486. The summed E-state index contributed by atoms with van der Waals surface area (Å²) in [6.45, 7) is 14.0. The number of rotatable bonds is 7. The number of likely N-dealkylation sites (tertiary alicyclic amines) is 1. The number of aliphatic imine (C=N–C) groups is 1. The Bertz CT molecular complexity index is 502. The molecular weight excluding hydrogens is 354 g/mol. The standard InChI is InChI=1S/C21H43N5O2/c1-16(2)18(24-20(27)28-21(3,4)5)11-13-26(8)19(22-6)23-14-17-10-9-12-25(7)15-17/h16-18H,9-15H2,1-8H3,(H,22,23)(H,24,27). The second-order valence-corrected chi connectivity index (χ2v) is 9.41. The fourth-order valence-electron chi connectivity index (χ4n) is 3.53. The number of nitrogens with one attached hydrogen (secondary N) is 2. The van der Waals surface area contributed by atoms with Crippen molar-refractivity contribution < 1.29 is 9.53 Å². The van der Waals surface area contributed by atoms with Crippen molar-refractivity contribution in [2.45, 2.75) is 65.5 Å². The Morgan fingerprint density at radius 2 is 2.04 bits per heavy atom. The van der Waals surface area contributed by atoms with Crippen molar-refractivity contribution in [3.8, 4) is 0 Å². The summed E-state index contributed by atoms with van der Waals surface area (Å²) in [7, 11) is 6.06. The first kappa shape index (κ1) is 24.5. The molecule has 1 heterocycles. The topological polar surface area (TPSA) is 69.2 Å². The van der Waals surface area contributed by atoms with E-state index in [1.54, 1.807) is 0 Å². The van der Waals surface area contributed by atoms with Gasteiger partial charge in [0.15, 0.2) is 5.96 Å². The van der Waals surface area contributed by atoms with Gasteiger partial charge in [-0.3, -0.25) is 4.99 Å². The molecule has 2 atom stereocenters. The Morgan fingerprint density at radius 1 is 1.36 bits per heavy atom. The van der Waals surface area contributed by atoms with Crippen LogP contribution in [0.15, 0.2) is 4.99 Å². The fraction of sp³-hybridized carbons (Fsp3) is 0.905. The molecule has 0 aliphatic carbocycles. The van der Waals surface area contributed by atoms with Crippen LogP contribution in [0.25, 0.3) is 0 Å². The van der Waals surface area contributed by atoms with Gasteiger partial charge in [0.2, 0.25) is 0 Å². The molecule has 2 N–H and O–H groups in total. The van der Waals surface area contributed by atoms with Crippen LogP contribution in [0.5, 0.6) is 0 Å². The minimum Gasteiger partial charge on any atom is -0.444 e. The molecule has 1 amide bonds. The quantitative estimate of drug-likeness (QED) is 0.511. The predicted octanol–water partition coefficient (Wildman–Crippen LogP) is 2.77. The van der Waals surface area contributed by atoms with Gasteiger partial charge in [0.25, 0.3) is 0 Å². The number of hydrogen-bond donors (Lipinski definition) is 2. The monoisotopic (exact) mass is 397 g/mol. The van der Waals surface area contributed by atoms with Crippen LogP contribution in [0.4, 0.5) is 4.79 Å². The molecule has 0 aromatic carbocycles. The summed E-state index contributed by atoms with van der Waals surface area (Å²) >= 11 is 0. The maximum absolute atomic E-state index is 12.1. The summed E-state index contributed by atoms with van der Waals surface area (Å²) in [4.78, 5) is 21.1. The van der Waals surface area contributed by atoms with Crippen molar-refractivity contribution in [2.24, 2.45) is 16.8 Å². The van der Waals surface area contributed by atoms with Gasteiger partial charge < -0.3 is 25.2 Å². The molecule has 1 aliphatic rings. The molecule has 7 nitrogen and oxygen atoms in total. The number of guanidine groups is 1. The normalized spacial score (nSPS) is 20.0. The lowest BCUT2D eigenvalue weighted by atomic mass is 9.98. The number of hydrogen-bond acceptors (Lipinski definition) is 4. The first-order chi connectivity index (χ1) is 13.0. The van der Waals surface area contributed by atoms with Gasteiger partial charge in [-0.2, -0.15) is 0 Å². The lowest BCUT2D eigenvalue weighted by Gasteiger charge is -2.32. The van der Waals surface area contributed by atoms with Gasteiger partial charge >= 0.3 is 6.09 Å². The third kappa shape index (κ3) is 9.62. The van der Waals surface area contributed by atoms with E-state index in [2.05, 4.69) is 46.3 Å². The van der Waals surface area contributed by atoms with E-state index in [0.717, 1.165) is 32.0 Å². The van der Waals surface area contributed by atoms with Crippen LogP contribution in [0, 0.1) is 11.8 Å². The highest BCUT2D eigenvalue weighted by Gasteiger charge is 2.22. The number of piperidine rings is 1. The number of carbonyl (C=O) groups is 1. The Hall–Kier alpha value is -1.50. The molecule has 0 spiro atoms. The van der Waals surface area contributed by atoms with Crippen molar-refractivity contribution in [3.05, 3.63) is 0 Å². The Kier molecular flexibility index (Phi) is 10.1. The number of nitrogens with zero attached hydrogens (tertiary/aromatic N) is 3. The zero-order valence-corrected chi connectivity index (χ0v) is 19.3. The second-order valence-electron chi connectivity index (χ2n) is 9.41. The molecule has 7 heteroatoms. The molecule has 1 rings (SSSR count). The lowest BCUT2D eigenvalue weighted by Crippen LogP contribution is -2.47. The molecule has 1 saturated heterocycles. The van der Waals surface area contributed by atoms with Crippen molar-refractivity contribution in [1.82, 2.24) is 20.4 Å². The summed E-state index contributed by atoms with van der Waals surface area (Å²) in [5, 5.41) is 6.54. The third-order valence-electron chi connectivity index (χ3n) is 5.13. The van der Waals surface area contributed by atoms with E-state index in [0.29, 0.717) is 11.8 Å². The fourth-order valence-corrected chi connectivity index (χ4v) is 3.53. The van der Waals surface area contributed by atoms with Crippen molar-refractivity contribution in [1.29, 1.82) is 0 Å². The summed E-state index contributed by atoms with van der Waals surface area (Å²) < 4.78 is 5.40. The minimum atomic E-state index is -0.485. The predicted molar refractivity (Wildman–Crippen MR) is 117 cm³/mol. The van der Waals surface area contributed by atoms with E-state index in [1.807, 2.05) is 34.9 Å². The van der Waals surface area contributed by atoms with Crippen LogP contribution in [0.2, 0.25) is 0 Å². The average Bonchev–Trinajstić information content (AvgIpc) is 2.57. The molecule has 2 unspecified atom stereocenters. The smallest absolute Gasteiger partial charge is 0.407 e. The van der Waals surface area contributed by atoms with Gasteiger partial charge in [-0.05, 0) is 65.5 Å². The maximum atomic E-state index is 12.1. The first-order valence-corrected chi connectivity index (χ1v) is 10.6. The van der Waals surface area contributed by atoms with E-state index in [-0.39, 0.29) is 12.1 Å². The molecule has 1 fully saturated rings. The highest BCUT2D eigenvalue weighted by Crippen LogP contribution is 2.14. The molecule has 164 valence electrons. The van der Waals surface area contributed by atoms with Gasteiger partial charge in [-0.1, -0.05) is 13.8 Å². The molecule has 0 bridgehead atoms. The first-order valence-electron chi connectivity index (χ1n) is 10.6. The number of carbonyl (C=O) groups excluding carboxylic acids is 1. The van der Waals surface area contributed by atoms with Crippen molar-refractivity contribution >= 4 is 12.1 Å². The van der Waals surface area contributed by atoms with E-state index < -0.39 is 5.60 Å². The minimum absolute atomic E-state index is 0.0578. The van der Waals surface area contributed by atoms with Gasteiger partial charge in [0.1, 0.15) is 5.60 Å². The van der Waals surface area contributed by atoms with Crippen LogP contribution in [-0.2, 0) is 4.74 Å². The van der Waals surface area contributed by atoms with Gasteiger partial charge in [0.05, 0.1) is 0 Å². The Balaban J connectivity index is 2.48. The molecule has 0 radical (unpaired) electrons. The molecule has 1 aliphatic heterocycles. The van der Waals surface area contributed by atoms with Crippen molar-refractivity contribution in [3.63, 3.8) is 0 Å². The van der Waals surface area contributed by atoms with Crippen LogP contribution < -0.4 is 10.6 Å². The zero-order valence-electron chi connectivity index (χ0n) is 19.3. The summed E-state index contributed by atoms with van der Waals surface area (Å²) in [6, 6.07) is 0.0578. The molecule has 0 aromatic heterocycles. The largest absolute Gasteiger partial charge is 0.444 e. The van der Waals surface area contributed by atoms with Crippen LogP contribution >= 0.6 is 0 Å². The van der Waals surface area contributed by atoms with Crippen LogP contribution in [-0.4, -0.2) is 80.8 Å². The summed E-state index contributed by atoms with van der Waals surface area (Å²) in [5.74, 6) is 1.91. The maximum Gasteiger partial charge on any atom is 0.407 e. The zero-order chi connectivity index (χ0) is 21.3. The Morgan fingerprint density at radius 3 is 2.57 bits per heavy atom.